The van der Waals surface area contributed by atoms with E-state index in [2.05, 4.69) is 4.98 Å². The summed E-state index contributed by atoms with van der Waals surface area (Å²) in [4.78, 5) is 3.89. The molecule has 0 amide bonds. The van der Waals surface area contributed by atoms with Gasteiger partial charge in [0, 0.05) is 11.8 Å². The number of nitrogen functional groups attached to an aromatic ring is 1. The van der Waals surface area contributed by atoms with Crippen LogP contribution in [-0.2, 0) is 0 Å². The zero-order chi connectivity index (χ0) is 13.1. The van der Waals surface area contributed by atoms with Crippen LogP contribution in [0, 0.1) is 11.3 Å². The Morgan fingerprint density at radius 3 is 2.89 bits per heavy atom. The number of nitrogens with two attached hydrogens (primary N) is 1. The number of benzene rings is 1. The smallest absolute Gasteiger partial charge is 0.129 e. The van der Waals surface area contributed by atoms with Crippen molar-refractivity contribution >= 4 is 17.4 Å². The Morgan fingerprint density at radius 2 is 2.17 bits per heavy atom. The van der Waals surface area contributed by atoms with Crippen LogP contribution >= 0.6 is 11.6 Å². The van der Waals surface area contributed by atoms with Crippen molar-refractivity contribution in [3.8, 4) is 6.07 Å². The van der Waals surface area contributed by atoms with Gasteiger partial charge in [0.05, 0.1) is 16.7 Å². The van der Waals surface area contributed by atoms with Crippen molar-refractivity contribution in [2.45, 2.75) is 6.10 Å². The molecule has 2 aromatic rings. The average Bonchev–Trinajstić information content (AvgIpc) is 2.41. The van der Waals surface area contributed by atoms with Gasteiger partial charge in [0.15, 0.2) is 0 Å². The van der Waals surface area contributed by atoms with Crippen LogP contribution in [0.15, 0.2) is 36.5 Å². The summed E-state index contributed by atoms with van der Waals surface area (Å²) in [5.41, 5.74) is 7.18. The van der Waals surface area contributed by atoms with Gasteiger partial charge in [0.1, 0.15) is 11.9 Å². The van der Waals surface area contributed by atoms with E-state index in [1.54, 1.807) is 30.3 Å². The molecular formula is C13H10ClN3O. The Hall–Kier alpha value is -2.09. The molecule has 0 radical (unpaired) electrons. The molecule has 1 heterocycles. The summed E-state index contributed by atoms with van der Waals surface area (Å²) in [6, 6.07) is 10.3. The quantitative estimate of drug-likeness (QED) is 0.867. The molecule has 0 saturated heterocycles. The molecule has 1 unspecified atom stereocenters. The molecule has 0 spiro atoms. The first-order valence-corrected chi connectivity index (χ1v) is 5.58. The lowest BCUT2D eigenvalue weighted by Crippen LogP contribution is -2.05. The van der Waals surface area contributed by atoms with Gasteiger partial charge in [-0.25, -0.2) is 4.98 Å². The normalized spacial score (nSPS) is 11.8. The molecule has 5 heteroatoms. The van der Waals surface area contributed by atoms with Crippen molar-refractivity contribution in [1.82, 2.24) is 4.98 Å². The second kappa shape index (κ2) is 5.05. The zero-order valence-electron chi connectivity index (χ0n) is 9.34. The summed E-state index contributed by atoms with van der Waals surface area (Å²) in [7, 11) is 0. The number of nitrogens with zero attached hydrogens (tertiary/aromatic N) is 2. The Bertz CT molecular complexity index is 622. The summed E-state index contributed by atoms with van der Waals surface area (Å²) in [5.74, 6) is 0.217. The zero-order valence-corrected chi connectivity index (χ0v) is 10.1. The minimum atomic E-state index is -0.954. The van der Waals surface area contributed by atoms with Crippen LogP contribution in [0.2, 0.25) is 5.02 Å². The van der Waals surface area contributed by atoms with E-state index in [9.17, 15) is 5.11 Å². The Morgan fingerprint density at radius 1 is 1.39 bits per heavy atom. The van der Waals surface area contributed by atoms with E-state index in [-0.39, 0.29) is 5.82 Å². The number of aliphatic hydroxyl groups is 1. The highest BCUT2D eigenvalue weighted by Crippen LogP contribution is 2.27. The van der Waals surface area contributed by atoms with Gasteiger partial charge in [0.25, 0.3) is 0 Å². The van der Waals surface area contributed by atoms with Gasteiger partial charge in [-0.1, -0.05) is 23.7 Å². The maximum absolute atomic E-state index is 10.2. The molecule has 90 valence electrons. The number of aromatic nitrogens is 1. The molecule has 4 nitrogen and oxygen atoms in total. The van der Waals surface area contributed by atoms with Crippen molar-refractivity contribution in [2.24, 2.45) is 0 Å². The van der Waals surface area contributed by atoms with Crippen LogP contribution in [0.1, 0.15) is 22.8 Å². The third-order valence-corrected chi connectivity index (χ3v) is 2.75. The van der Waals surface area contributed by atoms with E-state index in [1.807, 2.05) is 6.07 Å². The summed E-state index contributed by atoms with van der Waals surface area (Å²) < 4.78 is 0. The van der Waals surface area contributed by atoms with Gasteiger partial charge in [-0.05, 0) is 23.8 Å². The van der Waals surface area contributed by atoms with Crippen LogP contribution in [0.3, 0.4) is 0 Å². The van der Waals surface area contributed by atoms with Gasteiger partial charge in [0.2, 0.25) is 0 Å². The minimum absolute atomic E-state index is 0.217. The van der Waals surface area contributed by atoms with Crippen molar-refractivity contribution < 1.29 is 5.11 Å². The van der Waals surface area contributed by atoms with Gasteiger partial charge in [-0.2, -0.15) is 5.26 Å². The minimum Gasteiger partial charge on any atom is -0.384 e. The summed E-state index contributed by atoms with van der Waals surface area (Å²) in [5, 5.41) is 19.5. The van der Waals surface area contributed by atoms with Crippen LogP contribution in [0.4, 0.5) is 5.82 Å². The third kappa shape index (κ3) is 2.43. The first-order chi connectivity index (χ1) is 8.61. The Balaban J connectivity index is 2.44. The van der Waals surface area contributed by atoms with E-state index >= 15 is 0 Å². The number of anilines is 1. The lowest BCUT2D eigenvalue weighted by atomic mass is 10.0. The van der Waals surface area contributed by atoms with E-state index in [0.29, 0.717) is 21.7 Å². The van der Waals surface area contributed by atoms with Crippen LogP contribution in [-0.4, -0.2) is 10.1 Å². The molecule has 0 bridgehead atoms. The molecule has 0 fully saturated rings. The molecule has 1 aromatic carbocycles. The van der Waals surface area contributed by atoms with Gasteiger partial charge < -0.3 is 10.8 Å². The standard InChI is InChI=1S/C13H10ClN3O/c14-10-5-11(13(16)17-7-10)12(18)9-3-1-2-8(4-9)6-15/h1-5,7,12,18H,(H2,16,17). The Labute approximate surface area is 109 Å². The third-order valence-electron chi connectivity index (χ3n) is 2.54. The van der Waals surface area contributed by atoms with Gasteiger partial charge >= 0.3 is 0 Å². The van der Waals surface area contributed by atoms with Crippen molar-refractivity contribution in [3.05, 3.63) is 58.2 Å². The van der Waals surface area contributed by atoms with Crippen molar-refractivity contribution in [2.75, 3.05) is 5.73 Å². The van der Waals surface area contributed by atoms with Crippen molar-refractivity contribution in [3.63, 3.8) is 0 Å². The lowest BCUT2D eigenvalue weighted by Gasteiger charge is -2.13. The molecular weight excluding hydrogens is 250 g/mol. The number of aliphatic hydroxyl groups excluding tert-OH is 1. The SMILES string of the molecule is N#Cc1cccc(C(O)c2cc(Cl)cnc2N)c1. The monoisotopic (exact) mass is 259 g/mol. The maximum Gasteiger partial charge on any atom is 0.129 e. The van der Waals surface area contributed by atoms with E-state index in [4.69, 9.17) is 22.6 Å². The number of pyridine rings is 1. The number of hydrogen-bond donors (Lipinski definition) is 2. The van der Waals surface area contributed by atoms with Crippen LogP contribution < -0.4 is 5.73 Å². The number of nitriles is 1. The average molecular weight is 260 g/mol. The molecule has 2 rings (SSSR count). The fourth-order valence-corrected chi connectivity index (χ4v) is 1.81. The second-order valence-corrected chi connectivity index (χ2v) is 4.20. The fraction of sp³-hybridized carbons (Fsp3) is 0.0769. The van der Waals surface area contributed by atoms with E-state index < -0.39 is 6.10 Å². The highest BCUT2D eigenvalue weighted by atomic mass is 35.5. The Kier molecular flexibility index (Phi) is 3.47. The molecule has 0 aliphatic rings. The predicted molar refractivity (Wildman–Crippen MR) is 68.9 cm³/mol. The lowest BCUT2D eigenvalue weighted by molar-refractivity contribution is 0.220. The van der Waals surface area contributed by atoms with Crippen LogP contribution in [0.5, 0.6) is 0 Å². The molecule has 0 aliphatic carbocycles. The molecule has 1 aromatic heterocycles. The fourth-order valence-electron chi connectivity index (χ4n) is 1.64. The van der Waals surface area contributed by atoms with Crippen LogP contribution in [0.25, 0.3) is 0 Å². The molecule has 1 atom stereocenters. The summed E-state index contributed by atoms with van der Waals surface area (Å²) in [6.07, 6.45) is 0.461. The summed E-state index contributed by atoms with van der Waals surface area (Å²) in [6.45, 7) is 0. The maximum atomic E-state index is 10.2. The molecule has 18 heavy (non-hydrogen) atoms. The number of hydrogen-bond acceptors (Lipinski definition) is 4. The van der Waals surface area contributed by atoms with E-state index in [0.717, 1.165) is 0 Å². The second-order valence-electron chi connectivity index (χ2n) is 3.77. The molecule has 0 aliphatic heterocycles. The first kappa shape index (κ1) is 12.4. The molecule has 3 N–H and O–H groups in total. The van der Waals surface area contributed by atoms with Gasteiger partial charge in [-0.15, -0.1) is 0 Å². The predicted octanol–water partition coefficient (Wildman–Crippen LogP) is 2.27. The largest absolute Gasteiger partial charge is 0.384 e. The topological polar surface area (TPSA) is 82.9 Å². The highest BCUT2D eigenvalue weighted by Gasteiger charge is 2.15. The summed E-state index contributed by atoms with van der Waals surface area (Å²) >= 11 is 5.83. The van der Waals surface area contributed by atoms with Crippen molar-refractivity contribution in [1.29, 1.82) is 5.26 Å². The van der Waals surface area contributed by atoms with Gasteiger partial charge in [-0.3, -0.25) is 0 Å². The first-order valence-electron chi connectivity index (χ1n) is 5.21. The number of rotatable bonds is 2. The van der Waals surface area contributed by atoms with E-state index in [1.165, 1.54) is 6.20 Å². The highest BCUT2D eigenvalue weighted by molar-refractivity contribution is 6.30. The number of halogens is 1. The molecule has 0 saturated carbocycles.